The summed E-state index contributed by atoms with van der Waals surface area (Å²) in [7, 11) is 1.54. The molecule has 0 atom stereocenters. The SMILES string of the molecule is CCCCc1nc(C)n(-c2ncc(OC)cn2)c(=O)c1Cc1ccc(-c2ccccc2C#N)cn1. The van der Waals surface area contributed by atoms with E-state index in [1.807, 2.05) is 30.3 Å². The maximum atomic E-state index is 13.7. The summed E-state index contributed by atoms with van der Waals surface area (Å²) >= 11 is 0. The Morgan fingerprint density at radius 3 is 2.49 bits per heavy atom. The van der Waals surface area contributed by atoms with Crippen molar-refractivity contribution in [3.8, 4) is 28.9 Å². The third-order valence-corrected chi connectivity index (χ3v) is 5.79. The Morgan fingerprint density at radius 2 is 1.83 bits per heavy atom. The van der Waals surface area contributed by atoms with Crippen LogP contribution in [0.4, 0.5) is 0 Å². The summed E-state index contributed by atoms with van der Waals surface area (Å²) in [6.07, 6.45) is 7.76. The van der Waals surface area contributed by atoms with Gasteiger partial charge < -0.3 is 4.74 Å². The zero-order chi connectivity index (χ0) is 24.8. The molecule has 8 heteroatoms. The van der Waals surface area contributed by atoms with Gasteiger partial charge in [0.2, 0.25) is 5.95 Å². The molecule has 0 bridgehead atoms. The predicted octanol–water partition coefficient (Wildman–Crippen LogP) is 4.21. The fourth-order valence-corrected chi connectivity index (χ4v) is 3.91. The summed E-state index contributed by atoms with van der Waals surface area (Å²) in [5.41, 5.74) is 4.17. The standard InChI is InChI=1S/C27H26N6O2/c1-4-5-10-25-24(26(34)33(18(2)32-25)27-30-16-22(35-3)17-31-27)13-21-12-11-20(15-29-21)23-9-7-6-8-19(23)14-28/h6-9,11-12,15-17H,4-5,10,13H2,1-3H3. The summed E-state index contributed by atoms with van der Waals surface area (Å²) in [6.45, 7) is 3.90. The van der Waals surface area contributed by atoms with Gasteiger partial charge in [0.05, 0.1) is 36.8 Å². The van der Waals surface area contributed by atoms with Gasteiger partial charge >= 0.3 is 0 Å². The molecule has 8 nitrogen and oxygen atoms in total. The Kier molecular flexibility index (Phi) is 7.27. The molecule has 0 aliphatic rings. The maximum Gasteiger partial charge on any atom is 0.264 e. The lowest BCUT2D eigenvalue weighted by Crippen LogP contribution is -2.29. The van der Waals surface area contributed by atoms with Crippen LogP contribution in [0.2, 0.25) is 0 Å². The van der Waals surface area contributed by atoms with Crippen molar-refractivity contribution in [2.24, 2.45) is 0 Å². The van der Waals surface area contributed by atoms with Crippen LogP contribution >= 0.6 is 0 Å². The van der Waals surface area contributed by atoms with Gasteiger partial charge in [0, 0.05) is 35.0 Å². The van der Waals surface area contributed by atoms with Gasteiger partial charge in [0.25, 0.3) is 5.56 Å². The number of aryl methyl sites for hydroxylation is 2. The Hall–Kier alpha value is -4.38. The molecule has 0 spiro atoms. The van der Waals surface area contributed by atoms with Crippen molar-refractivity contribution in [2.45, 2.75) is 39.5 Å². The quantitative estimate of drug-likeness (QED) is 0.383. The van der Waals surface area contributed by atoms with Crippen LogP contribution in [0.3, 0.4) is 0 Å². The molecule has 0 fully saturated rings. The van der Waals surface area contributed by atoms with Crippen LogP contribution in [0.5, 0.6) is 5.75 Å². The molecule has 0 saturated carbocycles. The maximum absolute atomic E-state index is 13.7. The molecule has 0 N–H and O–H groups in total. The third-order valence-electron chi connectivity index (χ3n) is 5.79. The summed E-state index contributed by atoms with van der Waals surface area (Å²) in [6, 6.07) is 13.4. The average Bonchev–Trinajstić information content (AvgIpc) is 2.90. The van der Waals surface area contributed by atoms with Gasteiger partial charge in [-0.05, 0) is 31.9 Å². The second-order valence-electron chi connectivity index (χ2n) is 8.12. The van der Waals surface area contributed by atoms with E-state index in [0.29, 0.717) is 35.5 Å². The van der Waals surface area contributed by atoms with Gasteiger partial charge in [-0.3, -0.25) is 9.78 Å². The zero-order valence-electron chi connectivity index (χ0n) is 20.0. The van der Waals surface area contributed by atoms with Gasteiger partial charge in [0.1, 0.15) is 5.82 Å². The van der Waals surface area contributed by atoms with Crippen LogP contribution in [0.25, 0.3) is 17.1 Å². The molecule has 0 unspecified atom stereocenters. The predicted molar refractivity (Wildman–Crippen MR) is 133 cm³/mol. The van der Waals surface area contributed by atoms with Crippen molar-refractivity contribution in [1.29, 1.82) is 5.26 Å². The van der Waals surface area contributed by atoms with E-state index in [1.54, 1.807) is 19.2 Å². The normalized spacial score (nSPS) is 10.7. The van der Waals surface area contributed by atoms with Crippen LogP contribution in [-0.4, -0.2) is 31.6 Å². The number of ether oxygens (including phenoxy) is 1. The number of aromatic nitrogens is 5. The molecule has 4 aromatic rings. The molecule has 0 aliphatic carbocycles. The molecular formula is C27H26N6O2. The first-order chi connectivity index (χ1) is 17.0. The smallest absolute Gasteiger partial charge is 0.264 e. The number of benzene rings is 1. The van der Waals surface area contributed by atoms with Gasteiger partial charge in [-0.2, -0.15) is 5.26 Å². The van der Waals surface area contributed by atoms with E-state index in [4.69, 9.17) is 9.72 Å². The number of methoxy groups -OCH3 is 1. The number of hydrogen-bond donors (Lipinski definition) is 0. The van der Waals surface area contributed by atoms with Crippen molar-refractivity contribution in [3.05, 3.63) is 93.7 Å². The van der Waals surface area contributed by atoms with Gasteiger partial charge in [-0.1, -0.05) is 37.6 Å². The molecule has 0 amide bonds. The fraction of sp³-hybridized carbons (Fsp3) is 0.259. The third kappa shape index (κ3) is 5.09. The number of hydrogen-bond acceptors (Lipinski definition) is 7. The van der Waals surface area contributed by atoms with E-state index >= 15 is 0 Å². The summed E-state index contributed by atoms with van der Waals surface area (Å²) < 4.78 is 6.57. The highest BCUT2D eigenvalue weighted by Gasteiger charge is 2.18. The first-order valence-corrected chi connectivity index (χ1v) is 11.5. The largest absolute Gasteiger partial charge is 0.494 e. The molecule has 1 aromatic carbocycles. The summed E-state index contributed by atoms with van der Waals surface area (Å²) in [4.78, 5) is 31.6. The van der Waals surface area contributed by atoms with E-state index in [2.05, 4.69) is 27.9 Å². The molecule has 4 rings (SSSR count). The molecule has 176 valence electrons. The minimum atomic E-state index is -0.200. The van der Waals surface area contributed by atoms with Crippen LogP contribution < -0.4 is 10.3 Å². The lowest BCUT2D eigenvalue weighted by atomic mass is 10.0. The zero-order valence-corrected chi connectivity index (χ0v) is 20.0. The highest BCUT2D eigenvalue weighted by atomic mass is 16.5. The molecule has 3 aromatic heterocycles. The van der Waals surface area contributed by atoms with E-state index in [0.717, 1.165) is 35.4 Å². The second kappa shape index (κ2) is 10.7. The molecule has 0 radical (unpaired) electrons. The van der Waals surface area contributed by atoms with Crippen LogP contribution in [-0.2, 0) is 12.8 Å². The first kappa shape index (κ1) is 23.8. The topological polar surface area (TPSA) is 107 Å². The molecular weight excluding hydrogens is 440 g/mol. The monoisotopic (exact) mass is 466 g/mol. The van der Waals surface area contributed by atoms with Crippen molar-refractivity contribution >= 4 is 0 Å². The molecule has 0 saturated heterocycles. The lowest BCUT2D eigenvalue weighted by Gasteiger charge is -2.14. The average molecular weight is 467 g/mol. The van der Waals surface area contributed by atoms with Crippen LogP contribution in [0, 0.1) is 18.3 Å². The van der Waals surface area contributed by atoms with Crippen molar-refractivity contribution in [1.82, 2.24) is 24.5 Å². The second-order valence-corrected chi connectivity index (χ2v) is 8.12. The molecule has 3 heterocycles. The van der Waals surface area contributed by atoms with E-state index in [9.17, 15) is 10.1 Å². The Bertz CT molecular complexity index is 1420. The number of nitriles is 1. The van der Waals surface area contributed by atoms with E-state index in [-0.39, 0.29) is 11.5 Å². The highest BCUT2D eigenvalue weighted by molar-refractivity contribution is 5.69. The van der Waals surface area contributed by atoms with Gasteiger partial charge in [-0.15, -0.1) is 0 Å². The highest BCUT2D eigenvalue weighted by Crippen LogP contribution is 2.23. The number of rotatable bonds is 8. The Balaban J connectivity index is 1.73. The fourth-order valence-electron chi connectivity index (χ4n) is 3.91. The van der Waals surface area contributed by atoms with Crippen molar-refractivity contribution < 1.29 is 4.74 Å². The van der Waals surface area contributed by atoms with Crippen LogP contribution in [0.1, 0.15) is 48.1 Å². The van der Waals surface area contributed by atoms with E-state index < -0.39 is 0 Å². The summed E-state index contributed by atoms with van der Waals surface area (Å²) in [5.74, 6) is 1.29. The Morgan fingerprint density at radius 1 is 1.06 bits per heavy atom. The number of unbranched alkanes of at least 4 members (excludes halogenated alkanes) is 1. The van der Waals surface area contributed by atoms with Crippen molar-refractivity contribution in [2.75, 3.05) is 7.11 Å². The number of pyridine rings is 1. The molecule has 35 heavy (non-hydrogen) atoms. The Labute approximate surface area is 203 Å². The lowest BCUT2D eigenvalue weighted by molar-refractivity contribution is 0.410. The van der Waals surface area contributed by atoms with Crippen molar-refractivity contribution in [3.63, 3.8) is 0 Å². The minimum Gasteiger partial charge on any atom is -0.494 e. The van der Waals surface area contributed by atoms with Crippen LogP contribution in [0.15, 0.2) is 59.8 Å². The first-order valence-electron chi connectivity index (χ1n) is 11.5. The van der Waals surface area contributed by atoms with Gasteiger partial charge in [0.15, 0.2) is 5.75 Å². The summed E-state index contributed by atoms with van der Waals surface area (Å²) in [5, 5.41) is 9.40. The minimum absolute atomic E-state index is 0.200. The molecule has 0 aliphatic heterocycles. The number of nitrogens with zero attached hydrogens (tertiary/aromatic N) is 6. The van der Waals surface area contributed by atoms with E-state index in [1.165, 1.54) is 24.1 Å². The van der Waals surface area contributed by atoms with Gasteiger partial charge in [-0.25, -0.2) is 19.5 Å².